The Hall–Kier alpha value is -3.87. The van der Waals surface area contributed by atoms with Gasteiger partial charge < -0.3 is 15.4 Å². The zero-order valence-electron chi connectivity index (χ0n) is 17.3. The molecule has 1 aliphatic rings. The lowest BCUT2D eigenvalue weighted by Gasteiger charge is -2.22. The van der Waals surface area contributed by atoms with Crippen LogP contribution in [0.25, 0.3) is 10.8 Å². The van der Waals surface area contributed by atoms with Gasteiger partial charge in [-0.2, -0.15) is 0 Å². The van der Waals surface area contributed by atoms with Crippen molar-refractivity contribution in [2.24, 2.45) is 0 Å². The first-order chi connectivity index (χ1) is 14.9. The highest BCUT2D eigenvalue weighted by molar-refractivity contribution is 6.10. The van der Waals surface area contributed by atoms with E-state index in [0.717, 1.165) is 21.2 Å². The zero-order valence-corrected chi connectivity index (χ0v) is 17.3. The lowest BCUT2D eigenvalue weighted by atomic mass is 9.92. The fourth-order valence-corrected chi connectivity index (χ4v) is 3.85. The van der Waals surface area contributed by atoms with Crippen LogP contribution in [0.2, 0.25) is 0 Å². The smallest absolute Gasteiger partial charge is 0.325 e. The van der Waals surface area contributed by atoms with Gasteiger partial charge >= 0.3 is 6.03 Å². The number of fused-ring (bicyclic) bond motifs is 1. The minimum atomic E-state index is -1.16. The third-order valence-electron chi connectivity index (χ3n) is 5.42. The predicted octanol–water partition coefficient (Wildman–Crippen LogP) is 3.34. The van der Waals surface area contributed by atoms with Crippen molar-refractivity contribution in [1.29, 1.82) is 0 Å². The van der Waals surface area contributed by atoms with Crippen LogP contribution < -0.4 is 15.4 Å². The molecule has 3 aromatic rings. The fourth-order valence-electron chi connectivity index (χ4n) is 3.85. The van der Waals surface area contributed by atoms with Gasteiger partial charge in [-0.15, -0.1) is 0 Å². The van der Waals surface area contributed by atoms with E-state index in [1.54, 1.807) is 26.2 Å². The third-order valence-corrected chi connectivity index (χ3v) is 5.42. The Morgan fingerprint density at radius 1 is 1.03 bits per heavy atom. The Kier molecular flexibility index (Phi) is 5.33. The van der Waals surface area contributed by atoms with Gasteiger partial charge in [0.05, 0.1) is 7.11 Å². The summed E-state index contributed by atoms with van der Waals surface area (Å²) in [5.41, 5.74) is 0.241. The molecule has 2 N–H and O–H groups in total. The highest BCUT2D eigenvalue weighted by Gasteiger charge is 2.48. The summed E-state index contributed by atoms with van der Waals surface area (Å²) in [6.45, 7) is 1.29. The maximum absolute atomic E-state index is 13.0. The molecular formula is C24H23N3O4. The van der Waals surface area contributed by atoms with Crippen LogP contribution >= 0.6 is 0 Å². The molecule has 0 aromatic heterocycles. The van der Waals surface area contributed by atoms with Gasteiger partial charge in [0.25, 0.3) is 5.91 Å². The van der Waals surface area contributed by atoms with Gasteiger partial charge in [0.2, 0.25) is 5.91 Å². The number of imide groups is 1. The number of para-hydroxylation sites is 1. The van der Waals surface area contributed by atoms with Crippen molar-refractivity contribution in [3.8, 4) is 5.75 Å². The van der Waals surface area contributed by atoms with Crippen LogP contribution in [0.3, 0.4) is 0 Å². The molecule has 4 rings (SSSR count). The number of carbonyl (C=O) groups excluding carboxylic acids is 3. The first-order valence-corrected chi connectivity index (χ1v) is 9.94. The molecule has 0 bridgehead atoms. The van der Waals surface area contributed by atoms with Crippen LogP contribution in [0, 0.1) is 0 Å². The van der Waals surface area contributed by atoms with Crippen molar-refractivity contribution < 1.29 is 19.1 Å². The van der Waals surface area contributed by atoms with Gasteiger partial charge in [-0.1, -0.05) is 48.5 Å². The van der Waals surface area contributed by atoms with Gasteiger partial charge in [0.15, 0.2) is 0 Å². The summed E-state index contributed by atoms with van der Waals surface area (Å²) in [6.07, 6.45) is 0.254. The molecule has 7 heteroatoms. The molecule has 158 valence electrons. The van der Waals surface area contributed by atoms with Gasteiger partial charge in [0, 0.05) is 12.1 Å². The van der Waals surface area contributed by atoms with Crippen molar-refractivity contribution in [1.82, 2.24) is 10.2 Å². The van der Waals surface area contributed by atoms with Crippen LogP contribution in [0.5, 0.6) is 5.75 Å². The van der Waals surface area contributed by atoms with E-state index in [4.69, 9.17) is 4.74 Å². The van der Waals surface area contributed by atoms with E-state index in [0.29, 0.717) is 11.4 Å². The van der Waals surface area contributed by atoms with Gasteiger partial charge in [-0.25, -0.2) is 4.79 Å². The maximum Gasteiger partial charge on any atom is 0.325 e. The molecule has 0 spiro atoms. The summed E-state index contributed by atoms with van der Waals surface area (Å²) >= 11 is 0. The number of hydrogen-bond acceptors (Lipinski definition) is 4. The molecule has 1 fully saturated rings. The normalized spacial score (nSPS) is 18.2. The average molecular weight is 417 g/mol. The molecule has 1 atom stereocenters. The number of hydrogen-bond donors (Lipinski definition) is 2. The molecule has 1 heterocycles. The van der Waals surface area contributed by atoms with Crippen molar-refractivity contribution in [3.05, 3.63) is 72.3 Å². The lowest BCUT2D eigenvalue weighted by molar-refractivity contribution is -0.133. The molecule has 0 aliphatic carbocycles. The van der Waals surface area contributed by atoms with Crippen LogP contribution in [-0.2, 0) is 16.0 Å². The number of nitrogens with one attached hydrogen (secondary N) is 2. The van der Waals surface area contributed by atoms with Crippen molar-refractivity contribution in [3.63, 3.8) is 0 Å². The Morgan fingerprint density at radius 3 is 2.52 bits per heavy atom. The second-order valence-corrected chi connectivity index (χ2v) is 7.75. The quantitative estimate of drug-likeness (QED) is 0.602. The highest BCUT2D eigenvalue weighted by Crippen LogP contribution is 2.27. The number of anilines is 1. The van der Waals surface area contributed by atoms with E-state index in [2.05, 4.69) is 10.6 Å². The van der Waals surface area contributed by atoms with Crippen molar-refractivity contribution >= 4 is 34.3 Å². The summed E-state index contributed by atoms with van der Waals surface area (Å²) in [4.78, 5) is 39.0. The standard InChI is InChI=1S/C24H23N3O4/c1-24(14-18-9-5-6-10-20(18)31-2)22(29)27(23(30)26-24)15-21(28)25-19-12-11-16-7-3-4-8-17(16)13-19/h3-13H,14-15H2,1-2H3,(H,25,28)(H,26,30)/t24-/m1/s1. The molecular weight excluding hydrogens is 394 g/mol. The second-order valence-electron chi connectivity index (χ2n) is 7.75. The zero-order chi connectivity index (χ0) is 22.0. The number of nitrogens with zero attached hydrogens (tertiary/aromatic N) is 1. The first kappa shape index (κ1) is 20.4. The average Bonchev–Trinajstić information content (AvgIpc) is 2.96. The summed E-state index contributed by atoms with van der Waals surface area (Å²) in [6, 6.07) is 20.1. The van der Waals surface area contributed by atoms with Gasteiger partial charge in [-0.3, -0.25) is 14.5 Å². The Morgan fingerprint density at radius 2 is 1.74 bits per heavy atom. The Labute approximate surface area is 180 Å². The Bertz CT molecular complexity index is 1180. The molecule has 1 aliphatic heterocycles. The predicted molar refractivity (Wildman–Crippen MR) is 118 cm³/mol. The minimum absolute atomic E-state index is 0.254. The maximum atomic E-state index is 13.0. The number of benzene rings is 3. The van der Waals surface area contributed by atoms with Crippen molar-refractivity contribution in [2.75, 3.05) is 19.0 Å². The van der Waals surface area contributed by atoms with E-state index in [1.807, 2.05) is 54.6 Å². The molecule has 0 unspecified atom stereocenters. The summed E-state index contributed by atoms with van der Waals surface area (Å²) in [5, 5.41) is 7.53. The first-order valence-electron chi connectivity index (χ1n) is 9.94. The number of carbonyl (C=O) groups is 3. The third kappa shape index (κ3) is 4.07. The van der Waals surface area contributed by atoms with E-state index >= 15 is 0 Å². The van der Waals surface area contributed by atoms with E-state index in [1.165, 1.54) is 0 Å². The fraction of sp³-hybridized carbons (Fsp3) is 0.208. The van der Waals surface area contributed by atoms with Crippen LogP contribution in [0.4, 0.5) is 10.5 Å². The summed E-state index contributed by atoms with van der Waals surface area (Å²) < 4.78 is 5.35. The number of methoxy groups -OCH3 is 1. The molecule has 31 heavy (non-hydrogen) atoms. The highest BCUT2D eigenvalue weighted by atomic mass is 16.5. The molecule has 7 nitrogen and oxygen atoms in total. The number of urea groups is 1. The molecule has 0 saturated carbocycles. The number of amides is 4. The Balaban J connectivity index is 1.46. The molecule has 4 amide bonds. The van der Waals surface area contributed by atoms with Crippen LogP contribution in [0.15, 0.2) is 66.7 Å². The summed E-state index contributed by atoms with van der Waals surface area (Å²) in [7, 11) is 1.56. The topological polar surface area (TPSA) is 87.7 Å². The molecule has 1 saturated heterocycles. The second kappa shape index (κ2) is 8.10. The van der Waals surface area contributed by atoms with E-state index in [-0.39, 0.29) is 13.0 Å². The van der Waals surface area contributed by atoms with Crippen molar-refractivity contribution in [2.45, 2.75) is 18.9 Å². The van der Waals surface area contributed by atoms with Gasteiger partial charge in [0.1, 0.15) is 17.8 Å². The number of ether oxygens (including phenoxy) is 1. The lowest BCUT2D eigenvalue weighted by Crippen LogP contribution is -2.46. The van der Waals surface area contributed by atoms with Crippen LogP contribution in [0.1, 0.15) is 12.5 Å². The largest absolute Gasteiger partial charge is 0.496 e. The van der Waals surface area contributed by atoms with Gasteiger partial charge in [-0.05, 0) is 41.5 Å². The number of rotatable bonds is 6. The molecule has 0 radical (unpaired) electrons. The molecule has 3 aromatic carbocycles. The summed E-state index contributed by atoms with van der Waals surface area (Å²) in [5.74, 6) is -0.254. The monoisotopic (exact) mass is 417 g/mol. The van der Waals surface area contributed by atoms with E-state index < -0.39 is 23.4 Å². The minimum Gasteiger partial charge on any atom is -0.496 e. The SMILES string of the molecule is COc1ccccc1C[C@@]1(C)NC(=O)N(CC(=O)Nc2ccc3ccccc3c2)C1=O. The van der Waals surface area contributed by atoms with Crippen LogP contribution in [-0.4, -0.2) is 41.9 Å². The van der Waals surface area contributed by atoms with E-state index in [9.17, 15) is 14.4 Å².